The van der Waals surface area contributed by atoms with E-state index < -0.39 is 6.23 Å². The van der Waals surface area contributed by atoms with E-state index in [4.69, 9.17) is 4.74 Å². The second-order valence-corrected chi connectivity index (χ2v) is 7.61. The number of aliphatic hydroxyl groups is 1. The lowest BCUT2D eigenvalue weighted by Crippen LogP contribution is -2.34. The largest absolute Gasteiger partial charge is 0.483 e. The lowest BCUT2D eigenvalue weighted by molar-refractivity contribution is 0.183. The number of aryl methyl sites for hydroxylation is 1. The molecule has 0 bridgehead atoms. The average Bonchev–Trinajstić information content (AvgIpc) is 3.14. The fourth-order valence-electron chi connectivity index (χ4n) is 2.49. The van der Waals surface area contributed by atoms with Gasteiger partial charge in [0.15, 0.2) is 17.3 Å². The Morgan fingerprint density at radius 3 is 2.72 bits per heavy atom. The quantitative estimate of drug-likeness (QED) is 0.718. The van der Waals surface area contributed by atoms with Crippen LogP contribution in [0.2, 0.25) is 0 Å². The standard InChI is InChI=1S/C16H19BrN4O3S/c1-10-3-5-11(6-4-10)24-12(7-8-17)14-18-19-15(25-14)21-13(22)9-20(2)16(21)23/h3-6,12-13,22H,7-9H2,1-2H3. The summed E-state index contributed by atoms with van der Waals surface area (Å²) in [5.74, 6) is 0.755. The maximum Gasteiger partial charge on any atom is 0.328 e. The van der Waals surface area contributed by atoms with Crippen molar-refractivity contribution in [2.45, 2.75) is 25.7 Å². The number of anilines is 1. The van der Waals surface area contributed by atoms with E-state index in [1.54, 1.807) is 7.05 Å². The van der Waals surface area contributed by atoms with E-state index in [1.807, 2.05) is 31.2 Å². The van der Waals surface area contributed by atoms with E-state index in [0.717, 1.165) is 16.6 Å². The summed E-state index contributed by atoms with van der Waals surface area (Å²) in [6, 6.07) is 7.52. The predicted octanol–water partition coefficient (Wildman–Crippen LogP) is 2.94. The van der Waals surface area contributed by atoms with Crippen LogP contribution in [-0.4, -0.2) is 51.4 Å². The first-order valence-electron chi connectivity index (χ1n) is 7.84. The number of aliphatic hydroxyl groups excluding tert-OH is 1. The first kappa shape index (κ1) is 18.1. The third-order valence-corrected chi connectivity index (χ3v) is 5.32. The number of nitrogens with zero attached hydrogens (tertiary/aromatic N) is 4. The zero-order valence-electron chi connectivity index (χ0n) is 13.9. The van der Waals surface area contributed by atoms with Crippen LogP contribution >= 0.6 is 27.3 Å². The van der Waals surface area contributed by atoms with Gasteiger partial charge in [-0.15, -0.1) is 10.2 Å². The summed E-state index contributed by atoms with van der Waals surface area (Å²) < 4.78 is 6.05. The van der Waals surface area contributed by atoms with Crippen LogP contribution in [0.5, 0.6) is 5.75 Å². The highest BCUT2D eigenvalue weighted by molar-refractivity contribution is 9.09. The van der Waals surface area contributed by atoms with Gasteiger partial charge in [0.05, 0.1) is 6.54 Å². The molecular formula is C16H19BrN4O3S. The van der Waals surface area contributed by atoms with Crippen LogP contribution in [0, 0.1) is 6.92 Å². The van der Waals surface area contributed by atoms with E-state index in [1.165, 1.54) is 21.1 Å². The molecule has 25 heavy (non-hydrogen) atoms. The van der Waals surface area contributed by atoms with Crippen molar-refractivity contribution in [1.82, 2.24) is 15.1 Å². The minimum atomic E-state index is -0.911. The van der Waals surface area contributed by atoms with E-state index in [2.05, 4.69) is 26.1 Å². The Hall–Kier alpha value is -1.71. The molecule has 9 heteroatoms. The van der Waals surface area contributed by atoms with Crippen molar-refractivity contribution in [3.8, 4) is 5.75 Å². The Morgan fingerprint density at radius 1 is 1.40 bits per heavy atom. The summed E-state index contributed by atoms with van der Waals surface area (Å²) in [7, 11) is 1.64. The SMILES string of the molecule is Cc1ccc(OC(CCBr)c2nnc(N3C(=O)N(C)CC3O)s2)cc1. The minimum Gasteiger partial charge on any atom is -0.483 e. The summed E-state index contributed by atoms with van der Waals surface area (Å²) in [5, 5.41) is 20.1. The normalized spacial score (nSPS) is 18.7. The van der Waals surface area contributed by atoms with Crippen molar-refractivity contribution in [3.05, 3.63) is 34.8 Å². The molecule has 1 aromatic carbocycles. The van der Waals surface area contributed by atoms with Gasteiger partial charge in [0.2, 0.25) is 5.13 Å². The Balaban J connectivity index is 1.80. The molecule has 7 nitrogen and oxygen atoms in total. The van der Waals surface area contributed by atoms with Crippen molar-refractivity contribution in [2.75, 3.05) is 23.8 Å². The number of benzene rings is 1. The molecule has 1 fully saturated rings. The number of aromatic nitrogens is 2. The molecule has 1 saturated heterocycles. The fraction of sp³-hybridized carbons (Fsp3) is 0.438. The smallest absolute Gasteiger partial charge is 0.328 e. The lowest BCUT2D eigenvalue weighted by atomic mass is 10.2. The van der Waals surface area contributed by atoms with Crippen LogP contribution in [-0.2, 0) is 0 Å². The van der Waals surface area contributed by atoms with E-state index in [-0.39, 0.29) is 18.7 Å². The van der Waals surface area contributed by atoms with E-state index in [0.29, 0.717) is 16.6 Å². The Kier molecular flexibility index (Phi) is 5.55. The summed E-state index contributed by atoms with van der Waals surface area (Å²) in [6.45, 7) is 2.27. The van der Waals surface area contributed by atoms with E-state index >= 15 is 0 Å². The van der Waals surface area contributed by atoms with Gasteiger partial charge >= 0.3 is 6.03 Å². The van der Waals surface area contributed by atoms with Crippen LogP contribution in [0.25, 0.3) is 0 Å². The maximum absolute atomic E-state index is 12.1. The average molecular weight is 427 g/mol. The molecule has 3 rings (SSSR count). The molecule has 1 aliphatic rings. The van der Waals surface area contributed by atoms with Crippen molar-refractivity contribution >= 4 is 38.4 Å². The van der Waals surface area contributed by atoms with Gasteiger partial charge in [-0.2, -0.15) is 0 Å². The van der Waals surface area contributed by atoms with Crippen LogP contribution in [0.1, 0.15) is 23.1 Å². The maximum atomic E-state index is 12.1. The first-order valence-corrected chi connectivity index (χ1v) is 9.78. The third-order valence-electron chi connectivity index (χ3n) is 3.85. The van der Waals surface area contributed by atoms with Crippen LogP contribution in [0.15, 0.2) is 24.3 Å². The molecule has 1 aromatic heterocycles. The second-order valence-electron chi connectivity index (χ2n) is 5.83. The highest BCUT2D eigenvalue weighted by Gasteiger charge is 2.37. The number of β-amino-alcohol motifs (C(OH)–C–C–N with tert-alkyl or cyclic N) is 1. The minimum absolute atomic E-state index is 0.248. The second kappa shape index (κ2) is 7.67. The molecule has 0 radical (unpaired) electrons. The van der Waals surface area contributed by atoms with Crippen LogP contribution < -0.4 is 9.64 Å². The van der Waals surface area contributed by atoms with Crippen molar-refractivity contribution in [1.29, 1.82) is 0 Å². The number of urea groups is 1. The van der Waals surface area contributed by atoms with Crippen molar-refractivity contribution in [2.24, 2.45) is 0 Å². The molecule has 0 saturated carbocycles. The number of alkyl halides is 1. The molecule has 2 heterocycles. The molecular weight excluding hydrogens is 408 g/mol. The molecule has 2 aromatic rings. The van der Waals surface area contributed by atoms with Gasteiger partial charge in [-0.05, 0) is 19.1 Å². The Bertz CT molecular complexity index is 739. The number of amides is 2. The van der Waals surface area contributed by atoms with Gasteiger partial charge in [-0.3, -0.25) is 0 Å². The lowest BCUT2D eigenvalue weighted by Gasteiger charge is -2.16. The Morgan fingerprint density at radius 2 is 2.12 bits per heavy atom. The van der Waals surface area contributed by atoms with Gasteiger partial charge in [0, 0.05) is 18.8 Å². The summed E-state index contributed by atoms with van der Waals surface area (Å²) in [5.41, 5.74) is 1.16. The molecule has 2 unspecified atom stereocenters. The molecule has 1 N–H and O–H groups in total. The third kappa shape index (κ3) is 3.94. The molecule has 0 spiro atoms. The summed E-state index contributed by atoms with van der Waals surface area (Å²) in [4.78, 5) is 14.8. The van der Waals surface area contributed by atoms with Crippen molar-refractivity contribution in [3.63, 3.8) is 0 Å². The van der Waals surface area contributed by atoms with Gasteiger partial charge in [-0.25, -0.2) is 9.69 Å². The van der Waals surface area contributed by atoms with Gasteiger partial charge in [0.25, 0.3) is 0 Å². The van der Waals surface area contributed by atoms with Gasteiger partial charge in [0.1, 0.15) is 5.75 Å². The molecule has 2 atom stereocenters. The predicted molar refractivity (Wildman–Crippen MR) is 99.4 cm³/mol. The highest BCUT2D eigenvalue weighted by atomic mass is 79.9. The number of halogens is 1. The van der Waals surface area contributed by atoms with Gasteiger partial charge in [-0.1, -0.05) is 45.0 Å². The van der Waals surface area contributed by atoms with Gasteiger partial charge < -0.3 is 14.7 Å². The number of hydrogen-bond acceptors (Lipinski definition) is 6. The monoisotopic (exact) mass is 426 g/mol. The zero-order chi connectivity index (χ0) is 18.0. The number of carbonyl (C=O) groups excluding carboxylic acids is 1. The van der Waals surface area contributed by atoms with Crippen LogP contribution in [0.4, 0.5) is 9.93 Å². The molecule has 1 aliphatic heterocycles. The molecule has 134 valence electrons. The number of hydrogen-bond donors (Lipinski definition) is 1. The number of rotatable bonds is 6. The zero-order valence-corrected chi connectivity index (χ0v) is 16.3. The topological polar surface area (TPSA) is 78.8 Å². The summed E-state index contributed by atoms with van der Waals surface area (Å²) >= 11 is 4.70. The fourth-order valence-corrected chi connectivity index (χ4v) is 3.85. The summed E-state index contributed by atoms with van der Waals surface area (Å²) in [6.07, 6.45) is -0.481. The first-order chi connectivity index (χ1) is 12.0. The molecule has 2 amide bonds. The highest BCUT2D eigenvalue weighted by Crippen LogP contribution is 2.33. The van der Waals surface area contributed by atoms with Crippen molar-refractivity contribution < 1.29 is 14.6 Å². The number of likely N-dealkylation sites (N-methyl/N-ethyl adjacent to an activating group) is 1. The molecule has 0 aliphatic carbocycles. The number of ether oxygens (including phenoxy) is 1. The Labute approximate surface area is 158 Å². The van der Waals surface area contributed by atoms with Crippen LogP contribution in [0.3, 0.4) is 0 Å². The van der Waals surface area contributed by atoms with E-state index in [9.17, 15) is 9.90 Å². The number of carbonyl (C=O) groups is 1.